The van der Waals surface area contributed by atoms with E-state index < -0.39 is 36.2 Å². The molecule has 5 nitrogen and oxygen atoms in total. The molecule has 0 aliphatic rings. The summed E-state index contributed by atoms with van der Waals surface area (Å²) in [6, 6.07) is 8.25. The zero-order valence-electron chi connectivity index (χ0n) is 15.0. The predicted octanol–water partition coefficient (Wildman–Crippen LogP) is 3.34. The molecule has 29 heavy (non-hydrogen) atoms. The summed E-state index contributed by atoms with van der Waals surface area (Å²) < 4.78 is 67.1. The maximum atomic E-state index is 13.5. The molecule has 2 amide bonds. The Morgan fingerprint density at radius 2 is 1.66 bits per heavy atom. The highest BCUT2D eigenvalue weighted by Gasteiger charge is 2.28. The highest BCUT2D eigenvalue weighted by molar-refractivity contribution is 5.94. The Balaban J connectivity index is 1.71. The van der Waals surface area contributed by atoms with Crippen LogP contribution in [-0.2, 0) is 11.3 Å². The van der Waals surface area contributed by atoms with Crippen LogP contribution in [0.1, 0.15) is 22.3 Å². The molecule has 0 fully saturated rings. The summed E-state index contributed by atoms with van der Waals surface area (Å²) in [5, 5.41) is 4.92. The average Bonchev–Trinajstić information content (AvgIpc) is 2.65. The molecule has 2 N–H and O–H groups in total. The molecular formula is C19H17F5N2O3. The van der Waals surface area contributed by atoms with E-state index in [1.54, 1.807) is 0 Å². The SMILES string of the molecule is O=C(CCNC(=O)c1ccc(F)cc1F)NCc1ccc(OCC(F)(F)F)cc1. The first-order valence-corrected chi connectivity index (χ1v) is 8.42. The minimum absolute atomic E-state index is 0.0492. The van der Waals surface area contributed by atoms with Crippen LogP contribution in [0, 0.1) is 11.6 Å². The van der Waals surface area contributed by atoms with Gasteiger partial charge in [-0.05, 0) is 29.8 Å². The molecule has 2 rings (SSSR count). The van der Waals surface area contributed by atoms with Crippen molar-refractivity contribution in [3.63, 3.8) is 0 Å². The van der Waals surface area contributed by atoms with Gasteiger partial charge in [-0.2, -0.15) is 13.2 Å². The maximum Gasteiger partial charge on any atom is 0.422 e. The van der Waals surface area contributed by atoms with Crippen molar-refractivity contribution in [1.82, 2.24) is 10.6 Å². The number of nitrogens with one attached hydrogen (secondary N) is 2. The van der Waals surface area contributed by atoms with E-state index in [2.05, 4.69) is 15.4 Å². The molecule has 0 saturated heterocycles. The Labute approximate surface area is 162 Å². The monoisotopic (exact) mass is 416 g/mol. The van der Waals surface area contributed by atoms with E-state index in [-0.39, 0.29) is 30.8 Å². The lowest BCUT2D eigenvalue weighted by molar-refractivity contribution is -0.153. The van der Waals surface area contributed by atoms with Gasteiger partial charge in [-0.1, -0.05) is 12.1 Å². The molecule has 0 aliphatic carbocycles. The Hall–Kier alpha value is -3.17. The van der Waals surface area contributed by atoms with Crippen molar-refractivity contribution in [2.75, 3.05) is 13.2 Å². The summed E-state index contributed by atoms with van der Waals surface area (Å²) in [6.07, 6.45) is -4.51. The zero-order valence-corrected chi connectivity index (χ0v) is 15.0. The topological polar surface area (TPSA) is 67.4 Å². The number of amides is 2. The number of alkyl halides is 3. The molecule has 0 radical (unpaired) electrons. The molecule has 10 heteroatoms. The highest BCUT2D eigenvalue weighted by Crippen LogP contribution is 2.18. The molecule has 0 saturated carbocycles. The normalized spacial score (nSPS) is 11.1. The van der Waals surface area contributed by atoms with Gasteiger partial charge in [-0.25, -0.2) is 8.78 Å². The van der Waals surface area contributed by atoms with Crippen molar-refractivity contribution in [2.45, 2.75) is 19.1 Å². The first kappa shape index (κ1) is 22.1. The summed E-state index contributed by atoms with van der Waals surface area (Å²) >= 11 is 0. The molecule has 2 aromatic carbocycles. The molecule has 0 spiro atoms. The van der Waals surface area contributed by atoms with Gasteiger partial charge in [0.05, 0.1) is 5.56 Å². The van der Waals surface area contributed by atoms with Crippen molar-refractivity contribution < 1.29 is 36.3 Å². The number of carbonyl (C=O) groups excluding carboxylic acids is 2. The first-order valence-electron chi connectivity index (χ1n) is 8.42. The summed E-state index contributed by atoms with van der Waals surface area (Å²) in [5.74, 6) is -2.94. The minimum Gasteiger partial charge on any atom is -0.484 e. The lowest BCUT2D eigenvalue weighted by Crippen LogP contribution is -2.31. The van der Waals surface area contributed by atoms with Crippen molar-refractivity contribution >= 4 is 11.8 Å². The van der Waals surface area contributed by atoms with Gasteiger partial charge in [0.1, 0.15) is 17.4 Å². The predicted molar refractivity (Wildman–Crippen MR) is 93.1 cm³/mol. The lowest BCUT2D eigenvalue weighted by Gasteiger charge is -2.10. The van der Waals surface area contributed by atoms with Crippen LogP contribution in [0.5, 0.6) is 5.75 Å². The number of halogens is 5. The lowest BCUT2D eigenvalue weighted by atomic mass is 10.2. The molecule has 156 valence electrons. The van der Waals surface area contributed by atoms with Crippen LogP contribution in [0.25, 0.3) is 0 Å². The summed E-state index contributed by atoms with van der Waals surface area (Å²) in [5.41, 5.74) is 0.301. The minimum atomic E-state index is -4.43. The standard InChI is InChI=1S/C19H17F5N2O3/c20-13-3-6-15(16(21)9-13)18(28)25-8-7-17(27)26-10-12-1-4-14(5-2-12)29-11-19(22,23)24/h1-6,9H,7-8,10-11H2,(H,25,28)(H,26,27). The van der Waals surface area contributed by atoms with Crippen LogP contribution >= 0.6 is 0 Å². The van der Waals surface area contributed by atoms with E-state index in [1.165, 1.54) is 24.3 Å². The third kappa shape index (κ3) is 7.76. The van der Waals surface area contributed by atoms with Crippen LogP contribution in [0.2, 0.25) is 0 Å². The number of benzene rings is 2. The van der Waals surface area contributed by atoms with Gasteiger partial charge < -0.3 is 15.4 Å². The van der Waals surface area contributed by atoms with E-state index in [4.69, 9.17) is 0 Å². The van der Waals surface area contributed by atoms with Gasteiger partial charge in [-0.15, -0.1) is 0 Å². The van der Waals surface area contributed by atoms with Gasteiger partial charge in [-0.3, -0.25) is 9.59 Å². The van der Waals surface area contributed by atoms with E-state index in [0.717, 1.165) is 12.1 Å². The number of rotatable bonds is 8. The number of carbonyl (C=O) groups is 2. The maximum absolute atomic E-state index is 13.5. The van der Waals surface area contributed by atoms with Crippen molar-refractivity contribution in [2.24, 2.45) is 0 Å². The summed E-state index contributed by atoms with van der Waals surface area (Å²) in [4.78, 5) is 23.6. The quantitative estimate of drug-likeness (QED) is 0.649. The van der Waals surface area contributed by atoms with E-state index in [1.807, 2.05) is 0 Å². The van der Waals surface area contributed by atoms with Gasteiger partial charge in [0.25, 0.3) is 5.91 Å². The first-order chi connectivity index (χ1) is 13.6. The largest absolute Gasteiger partial charge is 0.484 e. The van der Waals surface area contributed by atoms with Crippen LogP contribution in [0.4, 0.5) is 22.0 Å². The zero-order chi connectivity index (χ0) is 21.4. The number of hydrogen-bond acceptors (Lipinski definition) is 3. The molecule has 0 aliphatic heterocycles. The second kappa shape index (κ2) is 9.85. The fourth-order valence-corrected chi connectivity index (χ4v) is 2.22. The second-order valence-electron chi connectivity index (χ2n) is 5.95. The van der Waals surface area contributed by atoms with Crippen LogP contribution in [-0.4, -0.2) is 31.1 Å². The third-order valence-corrected chi connectivity index (χ3v) is 3.63. The molecule has 0 unspecified atom stereocenters. The Kier molecular flexibility index (Phi) is 7.52. The van der Waals surface area contributed by atoms with E-state index >= 15 is 0 Å². The number of ether oxygens (including phenoxy) is 1. The average molecular weight is 416 g/mol. The van der Waals surface area contributed by atoms with Crippen LogP contribution in [0.15, 0.2) is 42.5 Å². The Morgan fingerprint density at radius 3 is 2.28 bits per heavy atom. The highest BCUT2D eigenvalue weighted by atomic mass is 19.4. The van der Waals surface area contributed by atoms with Crippen molar-refractivity contribution in [3.8, 4) is 5.75 Å². The summed E-state index contributed by atoms with van der Waals surface area (Å²) in [6.45, 7) is -1.33. The van der Waals surface area contributed by atoms with Crippen LogP contribution in [0.3, 0.4) is 0 Å². The fraction of sp³-hybridized carbons (Fsp3) is 0.263. The van der Waals surface area contributed by atoms with E-state index in [0.29, 0.717) is 11.6 Å². The van der Waals surface area contributed by atoms with Crippen LogP contribution < -0.4 is 15.4 Å². The number of hydrogen-bond donors (Lipinski definition) is 2. The molecule has 0 heterocycles. The second-order valence-corrected chi connectivity index (χ2v) is 5.95. The van der Waals surface area contributed by atoms with Gasteiger partial charge in [0.15, 0.2) is 6.61 Å². The molecule has 0 atom stereocenters. The molecule has 0 bridgehead atoms. The third-order valence-electron chi connectivity index (χ3n) is 3.63. The summed E-state index contributed by atoms with van der Waals surface area (Å²) in [7, 11) is 0. The molecule has 2 aromatic rings. The van der Waals surface area contributed by atoms with E-state index in [9.17, 15) is 31.5 Å². The van der Waals surface area contributed by atoms with Crippen molar-refractivity contribution in [3.05, 3.63) is 65.2 Å². The molecular weight excluding hydrogens is 399 g/mol. The van der Waals surface area contributed by atoms with Gasteiger partial charge in [0.2, 0.25) is 5.91 Å². The van der Waals surface area contributed by atoms with Gasteiger partial charge >= 0.3 is 6.18 Å². The van der Waals surface area contributed by atoms with Crippen molar-refractivity contribution in [1.29, 1.82) is 0 Å². The Bertz CT molecular complexity index is 854. The van der Waals surface area contributed by atoms with Gasteiger partial charge in [0, 0.05) is 25.6 Å². The molecule has 0 aromatic heterocycles. The smallest absolute Gasteiger partial charge is 0.422 e. The Morgan fingerprint density at radius 1 is 0.966 bits per heavy atom. The fourth-order valence-electron chi connectivity index (χ4n) is 2.22.